The minimum absolute atomic E-state index is 0.0923. The Bertz CT molecular complexity index is 89.0. The van der Waals surface area contributed by atoms with Crippen LogP contribution in [0.15, 0.2) is 0 Å². The van der Waals surface area contributed by atoms with Crippen molar-refractivity contribution < 1.29 is 25.2 Å². The summed E-state index contributed by atoms with van der Waals surface area (Å²) >= 11 is 0. The Kier molecular flexibility index (Phi) is 10.7. The summed E-state index contributed by atoms with van der Waals surface area (Å²) in [5.41, 5.74) is 0. The van der Waals surface area contributed by atoms with Gasteiger partial charge in [0.15, 0.2) is 0 Å². The minimum Gasteiger partial charge on any atom is -0.450 e. The van der Waals surface area contributed by atoms with Crippen LogP contribution in [0, 0.1) is 0 Å². The van der Waals surface area contributed by atoms with E-state index in [-0.39, 0.29) is 12.7 Å². The maximum absolute atomic E-state index is 8.70. The van der Waals surface area contributed by atoms with E-state index in [9.17, 15) is 0 Å². The second-order valence-electron chi connectivity index (χ2n) is 1.86. The number of rotatable bonds is 3. The van der Waals surface area contributed by atoms with Crippen LogP contribution in [0.1, 0.15) is 19.8 Å². The fourth-order valence-electron chi connectivity index (χ4n) is 0.353. The lowest BCUT2D eigenvalue weighted by Crippen LogP contribution is -2.05. The third-order valence-corrected chi connectivity index (χ3v) is 0.934. The number of aliphatic hydroxyl groups excluding tert-OH is 2. The van der Waals surface area contributed by atoms with Gasteiger partial charge in [-0.15, -0.1) is 0 Å². The summed E-state index contributed by atoms with van der Waals surface area (Å²) < 4.78 is 0. The highest BCUT2D eigenvalue weighted by molar-refractivity contribution is 5.53. The van der Waals surface area contributed by atoms with Gasteiger partial charge in [-0.05, 0) is 12.8 Å². The van der Waals surface area contributed by atoms with Crippen molar-refractivity contribution in [3.8, 4) is 0 Å². The van der Waals surface area contributed by atoms with Crippen LogP contribution in [0.2, 0.25) is 0 Å². The molecule has 0 radical (unpaired) electrons. The maximum atomic E-state index is 8.70. The second kappa shape index (κ2) is 9.19. The Morgan fingerprint density at radius 3 is 1.91 bits per heavy atom. The van der Waals surface area contributed by atoms with Gasteiger partial charge in [0.05, 0.1) is 6.10 Å². The van der Waals surface area contributed by atoms with E-state index in [1.807, 2.05) is 6.92 Å². The number of carbonyl (C=O) groups is 1. The number of carboxylic acid groups (broad SMARTS) is 2. The monoisotopic (exact) mass is 166 g/mol. The van der Waals surface area contributed by atoms with Gasteiger partial charge in [0.1, 0.15) is 0 Å². The Morgan fingerprint density at radius 1 is 1.45 bits per heavy atom. The van der Waals surface area contributed by atoms with Crippen LogP contribution < -0.4 is 0 Å². The molecule has 0 aliphatic rings. The van der Waals surface area contributed by atoms with Crippen molar-refractivity contribution in [1.29, 1.82) is 0 Å². The van der Waals surface area contributed by atoms with Gasteiger partial charge < -0.3 is 20.4 Å². The first-order valence-electron chi connectivity index (χ1n) is 3.25. The predicted molar refractivity (Wildman–Crippen MR) is 38.7 cm³/mol. The van der Waals surface area contributed by atoms with E-state index < -0.39 is 6.16 Å². The van der Waals surface area contributed by atoms with E-state index in [4.69, 9.17) is 25.2 Å². The lowest BCUT2D eigenvalue weighted by molar-refractivity contribution is 0.129. The zero-order valence-corrected chi connectivity index (χ0v) is 6.40. The molecule has 0 saturated heterocycles. The fourth-order valence-corrected chi connectivity index (χ4v) is 0.353. The Hall–Kier alpha value is -0.810. The number of hydrogen-bond donors (Lipinski definition) is 4. The van der Waals surface area contributed by atoms with Crippen LogP contribution in [-0.4, -0.2) is 39.3 Å². The highest BCUT2D eigenvalue weighted by Crippen LogP contribution is 1.92. The Morgan fingerprint density at radius 2 is 1.82 bits per heavy atom. The average Bonchev–Trinajstić information content (AvgIpc) is 1.87. The van der Waals surface area contributed by atoms with Crippen LogP contribution >= 0.6 is 0 Å². The molecule has 0 heterocycles. The third kappa shape index (κ3) is 27.1. The molecule has 0 amide bonds. The first-order chi connectivity index (χ1) is 5.04. The van der Waals surface area contributed by atoms with Gasteiger partial charge in [-0.1, -0.05) is 6.92 Å². The third-order valence-electron chi connectivity index (χ3n) is 0.934. The van der Waals surface area contributed by atoms with Crippen molar-refractivity contribution in [3.05, 3.63) is 0 Å². The summed E-state index contributed by atoms with van der Waals surface area (Å²) in [6.07, 6.45) is -0.887. The van der Waals surface area contributed by atoms with E-state index in [1.54, 1.807) is 0 Å². The molecule has 0 aliphatic carbocycles. The van der Waals surface area contributed by atoms with E-state index in [1.165, 1.54) is 0 Å². The van der Waals surface area contributed by atoms with Crippen LogP contribution in [0.4, 0.5) is 4.79 Å². The van der Waals surface area contributed by atoms with E-state index in [0.29, 0.717) is 6.42 Å². The zero-order chi connectivity index (χ0) is 9.28. The standard InChI is InChI=1S/C5H12O2.CH2O3/c1-2-5(7)3-4-6;2-1(3)4/h5-7H,2-4H2,1H3;(H2,2,3,4). The van der Waals surface area contributed by atoms with Crippen molar-refractivity contribution >= 4 is 6.16 Å². The van der Waals surface area contributed by atoms with Crippen molar-refractivity contribution in [2.75, 3.05) is 6.61 Å². The molecule has 0 spiro atoms. The Labute approximate surface area is 64.9 Å². The summed E-state index contributed by atoms with van der Waals surface area (Å²) in [7, 11) is 0. The molecule has 1 atom stereocenters. The normalized spacial score (nSPS) is 11.2. The molecule has 0 aromatic heterocycles. The molecule has 0 aliphatic heterocycles. The molecule has 0 fully saturated rings. The first-order valence-corrected chi connectivity index (χ1v) is 3.25. The summed E-state index contributed by atoms with van der Waals surface area (Å²) in [5, 5.41) is 30.9. The predicted octanol–water partition coefficient (Wildman–Crippen LogP) is 0.362. The van der Waals surface area contributed by atoms with Crippen LogP contribution in [0.3, 0.4) is 0 Å². The van der Waals surface area contributed by atoms with Crippen molar-refractivity contribution in [3.63, 3.8) is 0 Å². The summed E-state index contributed by atoms with van der Waals surface area (Å²) in [6, 6.07) is 0. The maximum Gasteiger partial charge on any atom is 0.503 e. The van der Waals surface area contributed by atoms with Gasteiger partial charge in [0.25, 0.3) is 0 Å². The van der Waals surface area contributed by atoms with E-state index in [2.05, 4.69) is 0 Å². The average molecular weight is 166 g/mol. The number of hydrogen-bond acceptors (Lipinski definition) is 3. The Balaban J connectivity index is 0. The van der Waals surface area contributed by atoms with Gasteiger partial charge in [-0.3, -0.25) is 0 Å². The molecule has 4 N–H and O–H groups in total. The smallest absolute Gasteiger partial charge is 0.450 e. The highest BCUT2D eigenvalue weighted by Gasteiger charge is 1.95. The molecule has 0 rings (SSSR count). The molecular weight excluding hydrogens is 152 g/mol. The molecule has 11 heavy (non-hydrogen) atoms. The lowest BCUT2D eigenvalue weighted by atomic mass is 10.2. The summed E-state index contributed by atoms with van der Waals surface area (Å²) in [4.78, 5) is 8.56. The first kappa shape index (κ1) is 12.8. The van der Waals surface area contributed by atoms with Gasteiger partial charge in [-0.25, -0.2) is 4.79 Å². The van der Waals surface area contributed by atoms with Crippen LogP contribution in [0.25, 0.3) is 0 Å². The summed E-state index contributed by atoms with van der Waals surface area (Å²) in [6.45, 7) is 1.98. The van der Waals surface area contributed by atoms with Gasteiger partial charge in [-0.2, -0.15) is 0 Å². The highest BCUT2D eigenvalue weighted by atomic mass is 16.6. The molecule has 5 nitrogen and oxygen atoms in total. The molecule has 0 saturated carbocycles. The largest absolute Gasteiger partial charge is 0.503 e. The molecule has 0 aromatic carbocycles. The summed E-state index contributed by atoms with van der Waals surface area (Å²) in [5.74, 6) is 0. The molecule has 68 valence electrons. The van der Waals surface area contributed by atoms with Crippen LogP contribution in [-0.2, 0) is 0 Å². The van der Waals surface area contributed by atoms with E-state index >= 15 is 0 Å². The minimum atomic E-state index is -1.83. The fraction of sp³-hybridized carbons (Fsp3) is 0.833. The SMILES string of the molecule is CCC(O)CCO.O=C(O)O. The quantitative estimate of drug-likeness (QED) is 0.485. The molecule has 5 heteroatoms. The molecule has 0 bridgehead atoms. The zero-order valence-electron chi connectivity index (χ0n) is 6.40. The molecule has 0 aromatic rings. The van der Waals surface area contributed by atoms with E-state index in [0.717, 1.165) is 6.42 Å². The van der Waals surface area contributed by atoms with Crippen molar-refractivity contribution in [2.24, 2.45) is 0 Å². The van der Waals surface area contributed by atoms with Gasteiger partial charge >= 0.3 is 6.16 Å². The van der Waals surface area contributed by atoms with Crippen molar-refractivity contribution in [1.82, 2.24) is 0 Å². The van der Waals surface area contributed by atoms with Crippen LogP contribution in [0.5, 0.6) is 0 Å². The molecule has 1 unspecified atom stereocenters. The number of aliphatic hydroxyl groups is 2. The molecular formula is C6H14O5. The second-order valence-corrected chi connectivity index (χ2v) is 1.86. The van der Waals surface area contributed by atoms with Gasteiger partial charge in [0, 0.05) is 6.61 Å². The van der Waals surface area contributed by atoms with Gasteiger partial charge in [0.2, 0.25) is 0 Å². The van der Waals surface area contributed by atoms with Crippen molar-refractivity contribution in [2.45, 2.75) is 25.9 Å². The lowest BCUT2D eigenvalue weighted by Gasteiger charge is -2.01. The topological polar surface area (TPSA) is 98.0 Å².